The molecule has 7 nitrogen and oxygen atoms in total. The van der Waals surface area contributed by atoms with Gasteiger partial charge in [-0.1, -0.05) is 13.8 Å². The van der Waals surface area contributed by atoms with Gasteiger partial charge in [-0.05, 0) is 42.2 Å². The maximum atomic E-state index is 12.7. The molecule has 7 heteroatoms. The van der Waals surface area contributed by atoms with Crippen molar-refractivity contribution in [2.45, 2.75) is 32.2 Å². The minimum atomic E-state index is -0.315. The van der Waals surface area contributed by atoms with Crippen molar-refractivity contribution in [2.24, 2.45) is 5.92 Å². The van der Waals surface area contributed by atoms with Crippen LogP contribution >= 0.6 is 0 Å². The van der Waals surface area contributed by atoms with Crippen molar-refractivity contribution in [1.29, 1.82) is 0 Å². The minimum absolute atomic E-state index is 0.114. The molecule has 28 heavy (non-hydrogen) atoms. The van der Waals surface area contributed by atoms with Gasteiger partial charge in [-0.15, -0.1) is 0 Å². The molecular formula is C21H23N5O2. The van der Waals surface area contributed by atoms with E-state index in [2.05, 4.69) is 32.5 Å². The van der Waals surface area contributed by atoms with Gasteiger partial charge in [0, 0.05) is 48.0 Å². The van der Waals surface area contributed by atoms with E-state index in [0.29, 0.717) is 17.2 Å². The zero-order valence-corrected chi connectivity index (χ0v) is 16.1. The van der Waals surface area contributed by atoms with Gasteiger partial charge in [0.25, 0.3) is 11.8 Å². The number of fused-ring (bicyclic) bond motifs is 1. The Balaban J connectivity index is 1.74. The van der Waals surface area contributed by atoms with Crippen LogP contribution in [0.5, 0.6) is 0 Å². The Bertz CT molecular complexity index is 1060. The van der Waals surface area contributed by atoms with Crippen molar-refractivity contribution in [3.8, 4) is 0 Å². The highest BCUT2D eigenvalue weighted by molar-refractivity contribution is 5.99. The van der Waals surface area contributed by atoms with E-state index in [1.807, 2.05) is 25.3 Å². The Labute approximate surface area is 163 Å². The maximum absolute atomic E-state index is 12.7. The van der Waals surface area contributed by atoms with Gasteiger partial charge in [0.2, 0.25) is 0 Å². The smallest absolute Gasteiger partial charge is 0.269 e. The van der Waals surface area contributed by atoms with Crippen LogP contribution in [-0.4, -0.2) is 39.9 Å². The lowest BCUT2D eigenvalue weighted by molar-refractivity contribution is 0.0949. The quantitative estimate of drug-likeness (QED) is 0.636. The fraction of sp³-hybridized carbons (Fsp3) is 0.333. The van der Waals surface area contributed by atoms with Crippen LogP contribution in [0.1, 0.15) is 58.3 Å². The van der Waals surface area contributed by atoms with Crippen molar-refractivity contribution in [3.05, 3.63) is 59.2 Å². The average Bonchev–Trinajstić information content (AvgIpc) is 3.19. The first-order chi connectivity index (χ1) is 13.5. The lowest BCUT2D eigenvalue weighted by atomic mass is 9.94. The van der Waals surface area contributed by atoms with Gasteiger partial charge in [0.15, 0.2) is 0 Å². The molecule has 0 radical (unpaired) electrons. The predicted molar refractivity (Wildman–Crippen MR) is 106 cm³/mol. The summed E-state index contributed by atoms with van der Waals surface area (Å²) in [4.78, 5) is 36.9. The summed E-state index contributed by atoms with van der Waals surface area (Å²) in [6.45, 7) is 4.12. The van der Waals surface area contributed by atoms with E-state index in [-0.39, 0.29) is 29.5 Å². The van der Waals surface area contributed by atoms with Crippen LogP contribution < -0.4 is 10.6 Å². The SMILES string of the molecule is CNC(=O)c1cc(C(=O)N[C@H]2C[C@@H]2C)cc(C(C)c2ccnc3[nH]ccc23)n1. The molecule has 1 saturated carbocycles. The van der Waals surface area contributed by atoms with E-state index in [1.54, 1.807) is 25.4 Å². The molecule has 4 rings (SSSR count). The Morgan fingerprint density at radius 3 is 2.75 bits per heavy atom. The number of hydrogen-bond acceptors (Lipinski definition) is 4. The number of hydrogen-bond donors (Lipinski definition) is 3. The number of aromatic amines is 1. The zero-order valence-electron chi connectivity index (χ0n) is 16.1. The van der Waals surface area contributed by atoms with Crippen molar-refractivity contribution in [2.75, 3.05) is 7.05 Å². The summed E-state index contributed by atoms with van der Waals surface area (Å²) in [6.07, 6.45) is 4.58. The third kappa shape index (κ3) is 3.35. The minimum Gasteiger partial charge on any atom is -0.354 e. The molecule has 3 atom stereocenters. The molecule has 0 aromatic carbocycles. The van der Waals surface area contributed by atoms with E-state index < -0.39 is 0 Å². The summed E-state index contributed by atoms with van der Waals surface area (Å²) < 4.78 is 0. The molecule has 0 bridgehead atoms. The molecule has 3 N–H and O–H groups in total. The first-order valence-corrected chi connectivity index (χ1v) is 9.45. The molecule has 3 aromatic rings. The van der Waals surface area contributed by atoms with Crippen molar-refractivity contribution < 1.29 is 9.59 Å². The molecule has 1 fully saturated rings. The highest BCUT2D eigenvalue weighted by Crippen LogP contribution is 2.31. The summed E-state index contributed by atoms with van der Waals surface area (Å²) in [6, 6.07) is 7.46. The fourth-order valence-corrected chi connectivity index (χ4v) is 3.44. The van der Waals surface area contributed by atoms with E-state index in [1.165, 1.54) is 0 Å². The molecular weight excluding hydrogens is 354 g/mol. The summed E-state index contributed by atoms with van der Waals surface area (Å²) in [5.74, 6) is -0.0973. The molecule has 0 aliphatic heterocycles. The fourth-order valence-electron chi connectivity index (χ4n) is 3.44. The number of rotatable bonds is 5. The van der Waals surface area contributed by atoms with Gasteiger partial charge in [-0.25, -0.2) is 9.97 Å². The molecule has 1 unspecified atom stereocenters. The molecule has 144 valence electrons. The summed E-state index contributed by atoms with van der Waals surface area (Å²) in [5.41, 5.74) is 3.19. The van der Waals surface area contributed by atoms with E-state index >= 15 is 0 Å². The molecule has 1 aliphatic rings. The van der Waals surface area contributed by atoms with E-state index in [4.69, 9.17) is 0 Å². The second kappa shape index (κ2) is 7.07. The Morgan fingerprint density at radius 2 is 2.04 bits per heavy atom. The molecule has 3 aromatic heterocycles. The topological polar surface area (TPSA) is 99.8 Å². The first kappa shape index (κ1) is 18.2. The van der Waals surface area contributed by atoms with Crippen LogP contribution in [0.15, 0.2) is 36.7 Å². The van der Waals surface area contributed by atoms with Crippen LogP contribution in [0.2, 0.25) is 0 Å². The number of carbonyl (C=O) groups excluding carboxylic acids is 2. The second-order valence-electron chi connectivity index (χ2n) is 7.40. The largest absolute Gasteiger partial charge is 0.354 e. The van der Waals surface area contributed by atoms with E-state index in [9.17, 15) is 9.59 Å². The van der Waals surface area contributed by atoms with Gasteiger partial charge in [-0.2, -0.15) is 0 Å². The van der Waals surface area contributed by atoms with Crippen molar-refractivity contribution in [1.82, 2.24) is 25.6 Å². The number of nitrogens with one attached hydrogen (secondary N) is 3. The number of nitrogens with zero attached hydrogens (tertiary/aromatic N) is 2. The Kier molecular flexibility index (Phi) is 4.58. The number of pyridine rings is 2. The Hall–Kier alpha value is -3.22. The van der Waals surface area contributed by atoms with Crippen LogP contribution in [0.3, 0.4) is 0 Å². The van der Waals surface area contributed by atoms with Gasteiger partial charge in [0.1, 0.15) is 11.3 Å². The monoisotopic (exact) mass is 377 g/mol. The number of aromatic nitrogens is 3. The van der Waals surface area contributed by atoms with Gasteiger partial charge < -0.3 is 15.6 Å². The van der Waals surface area contributed by atoms with Crippen LogP contribution in [0, 0.1) is 5.92 Å². The highest BCUT2D eigenvalue weighted by Gasteiger charge is 2.34. The lowest BCUT2D eigenvalue weighted by Crippen LogP contribution is -2.28. The van der Waals surface area contributed by atoms with Crippen LogP contribution in [-0.2, 0) is 0 Å². The average molecular weight is 377 g/mol. The first-order valence-electron chi connectivity index (χ1n) is 9.45. The van der Waals surface area contributed by atoms with Crippen LogP contribution in [0.4, 0.5) is 0 Å². The van der Waals surface area contributed by atoms with Gasteiger partial charge >= 0.3 is 0 Å². The van der Waals surface area contributed by atoms with Gasteiger partial charge in [0.05, 0.1) is 0 Å². The summed E-state index contributed by atoms with van der Waals surface area (Å²) >= 11 is 0. The molecule has 0 spiro atoms. The normalized spacial score (nSPS) is 19.2. The number of amides is 2. The summed E-state index contributed by atoms with van der Waals surface area (Å²) in [5, 5.41) is 6.61. The Morgan fingerprint density at radius 1 is 1.25 bits per heavy atom. The third-order valence-corrected chi connectivity index (χ3v) is 5.40. The maximum Gasteiger partial charge on any atom is 0.269 e. The second-order valence-corrected chi connectivity index (χ2v) is 7.40. The van der Waals surface area contributed by atoms with Gasteiger partial charge in [-0.3, -0.25) is 9.59 Å². The highest BCUT2D eigenvalue weighted by atomic mass is 16.2. The molecule has 1 aliphatic carbocycles. The van der Waals surface area contributed by atoms with E-state index in [0.717, 1.165) is 23.0 Å². The summed E-state index contributed by atoms with van der Waals surface area (Å²) in [7, 11) is 1.55. The lowest BCUT2D eigenvalue weighted by Gasteiger charge is -2.15. The number of carbonyl (C=O) groups is 2. The van der Waals surface area contributed by atoms with Crippen molar-refractivity contribution >= 4 is 22.8 Å². The zero-order chi connectivity index (χ0) is 19.8. The standard InChI is InChI=1S/C21H23N5O2/c1-11-8-16(11)26-20(27)13-9-17(25-18(10-13)21(28)22-3)12(2)14-4-6-23-19-15(14)5-7-24-19/h4-7,9-12,16H,8H2,1-3H3,(H,22,28)(H,23,24)(H,26,27)/t11-,12?,16-/m0/s1. The number of H-pyrrole nitrogens is 1. The van der Waals surface area contributed by atoms with Crippen LogP contribution in [0.25, 0.3) is 11.0 Å². The van der Waals surface area contributed by atoms with Crippen molar-refractivity contribution in [3.63, 3.8) is 0 Å². The predicted octanol–water partition coefficient (Wildman–Crippen LogP) is 2.61. The third-order valence-electron chi connectivity index (χ3n) is 5.40. The molecule has 0 saturated heterocycles. The molecule has 2 amide bonds. The molecule has 3 heterocycles.